The summed E-state index contributed by atoms with van der Waals surface area (Å²) in [4.78, 5) is 24.3. The number of hydrogen-bond donors (Lipinski definition) is 2. The van der Waals surface area contributed by atoms with Gasteiger partial charge in [-0.25, -0.2) is 4.98 Å². The number of amides is 1. The van der Waals surface area contributed by atoms with Gasteiger partial charge in [0.15, 0.2) is 0 Å². The molecule has 0 atom stereocenters. The summed E-state index contributed by atoms with van der Waals surface area (Å²) in [6, 6.07) is 17.4. The first-order valence-electron chi connectivity index (χ1n) is 7.37. The highest BCUT2D eigenvalue weighted by molar-refractivity contribution is 6.05. The van der Waals surface area contributed by atoms with E-state index in [9.17, 15) is 4.79 Å². The van der Waals surface area contributed by atoms with E-state index < -0.39 is 0 Å². The van der Waals surface area contributed by atoms with Crippen LogP contribution in [-0.4, -0.2) is 20.9 Å². The number of hydrogen-bond acceptors (Lipinski definition) is 3. The van der Waals surface area contributed by atoms with E-state index in [1.807, 2.05) is 54.6 Å². The SMILES string of the molecule is O=C(NCc1nc2ccccc2[nH]1)c1nccc2ccccc12. The molecule has 23 heavy (non-hydrogen) atoms. The maximum Gasteiger partial charge on any atom is 0.270 e. The van der Waals surface area contributed by atoms with Crippen molar-refractivity contribution >= 4 is 27.7 Å². The molecule has 0 bridgehead atoms. The molecule has 2 aromatic carbocycles. The second kappa shape index (κ2) is 5.53. The van der Waals surface area contributed by atoms with Crippen LogP contribution in [0.2, 0.25) is 0 Å². The smallest absolute Gasteiger partial charge is 0.270 e. The summed E-state index contributed by atoms with van der Waals surface area (Å²) in [5.41, 5.74) is 2.28. The van der Waals surface area contributed by atoms with E-state index >= 15 is 0 Å². The number of aromatic amines is 1. The van der Waals surface area contributed by atoms with Crippen molar-refractivity contribution < 1.29 is 4.79 Å². The summed E-state index contributed by atoms with van der Waals surface area (Å²) >= 11 is 0. The van der Waals surface area contributed by atoms with Crippen LogP contribution in [0.5, 0.6) is 0 Å². The summed E-state index contributed by atoms with van der Waals surface area (Å²) < 4.78 is 0. The highest BCUT2D eigenvalue weighted by Crippen LogP contribution is 2.16. The van der Waals surface area contributed by atoms with Crippen LogP contribution in [0.1, 0.15) is 16.3 Å². The van der Waals surface area contributed by atoms with E-state index in [0.29, 0.717) is 12.2 Å². The van der Waals surface area contributed by atoms with Gasteiger partial charge in [0.05, 0.1) is 17.6 Å². The second-order valence-corrected chi connectivity index (χ2v) is 5.26. The van der Waals surface area contributed by atoms with Gasteiger partial charge in [0, 0.05) is 11.6 Å². The van der Waals surface area contributed by atoms with Crippen LogP contribution in [0.15, 0.2) is 60.8 Å². The number of imidazole rings is 1. The van der Waals surface area contributed by atoms with E-state index in [4.69, 9.17) is 0 Å². The zero-order valence-electron chi connectivity index (χ0n) is 12.3. The van der Waals surface area contributed by atoms with Crippen LogP contribution in [0, 0.1) is 0 Å². The van der Waals surface area contributed by atoms with Crippen LogP contribution in [0.3, 0.4) is 0 Å². The van der Waals surface area contributed by atoms with Gasteiger partial charge in [-0.15, -0.1) is 0 Å². The molecule has 0 saturated heterocycles. The Morgan fingerprint density at radius 3 is 2.78 bits per heavy atom. The minimum Gasteiger partial charge on any atom is -0.343 e. The summed E-state index contributed by atoms with van der Waals surface area (Å²) in [5, 5.41) is 4.71. The molecule has 5 heteroatoms. The number of pyridine rings is 1. The Balaban J connectivity index is 1.57. The van der Waals surface area contributed by atoms with Crippen LogP contribution < -0.4 is 5.32 Å². The van der Waals surface area contributed by atoms with Crippen molar-refractivity contribution in [3.8, 4) is 0 Å². The second-order valence-electron chi connectivity index (χ2n) is 5.26. The molecule has 1 amide bonds. The molecular formula is C18H14N4O. The number of para-hydroxylation sites is 2. The first-order valence-corrected chi connectivity index (χ1v) is 7.37. The summed E-state index contributed by atoms with van der Waals surface area (Å²) in [6.45, 7) is 0.332. The van der Waals surface area contributed by atoms with Gasteiger partial charge in [0.1, 0.15) is 11.5 Å². The lowest BCUT2D eigenvalue weighted by Crippen LogP contribution is -2.24. The molecule has 2 N–H and O–H groups in total. The molecule has 0 saturated carbocycles. The molecule has 5 nitrogen and oxygen atoms in total. The maximum absolute atomic E-state index is 12.4. The summed E-state index contributed by atoms with van der Waals surface area (Å²) in [6.07, 6.45) is 1.65. The van der Waals surface area contributed by atoms with Crippen molar-refractivity contribution in [1.29, 1.82) is 0 Å². The average Bonchev–Trinajstić information content (AvgIpc) is 3.02. The Hall–Kier alpha value is -3.21. The lowest BCUT2D eigenvalue weighted by molar-refractivity contribution is 0.0947. The average molecular weight is 302 g/mol. The zero-order valence-corrected chi connectivity index (χ0v) is 12.3. The van der Waals surface area contributed by atoms with Gasteiger partial charge < -0.3 is 10.3 Å². The predicted molar refractivity (Wildman–Crippen MR) is 89.0 cm³/mol. The molecule has 4 aromatic rings. The monoisotopic (exact) mass is 302 g/mol. The van der Waals surface area contributed by atoms with Gasteiger partial charge in [0.2, 0.25) is 0 Å². The van der Waals surface area contributed by atoms with Crippen molar-refractivity contribution in [2.24, 2.45) is 0 Å². The highest BCUT2D eigenvalue weighted by atomic mass is 16.1. The standard InChI is InChI=1S/C18H14N4O/c23-18(17-13-6-2-1-5-12(13)9-10-19-17)20-11-16-21-14-7-3-4-8-15(14)22-16/h1-10H,11H2,(H,20,23)(H,21,22). The number of carbonyl (C=O) groups excluding carboxylic acids is 1. The molecule has 4 rings (SSSR count). The Kier molecular flexibility index (Phi) is 3.24. The molecule has 0 fully saturated rings. The van der Waals surface area contributed by atoms with Gasteiger partial charge in [-0.3, -0.25) is 9.78 Å². The topological polar surface area (TPSA) is 70.7 Å². The lowest BCUT2D eigenvalue weighted by Gasteiger charge is -2.06. The van der Waals surface area contributed by atoms with Crippen LogP contribution in [0.25, 0.3) is 21.8 Å². The number of aromatic nitrogens is 3. The summed E-state index contributed by atoms with van der Waals surface area (Å²) in [7, 11) is 0. The predicted octanol–water partition coefficient (Wildman–Crippen LogP) is 3.04. The van der Waals surface area contributed by atoms with Gasteiger partial charge in [0.25, 0.3) is 5.91 Å². The molecule has 0 aliphatic carbocycles. The van der Waals surface area contributed by atoms with Crippen molar-refractivity contribution in [3.63, 3.8) is 0 Å². The van der Waals surface area contributed by atoms with Crippen LogP contribution in [0.4, 0.5) is 0 Å². The third kappa shape index (κ3) is 2.53. The Morgan fingerprint density at radius 1 is 1.04 bits per heavy atom. The minimum absolute atomic E-state index is 0.206. The number of rotatable bonds is 3. The van der Waals surface area contributed by atoms with E-state index in [-0.39, 0.29) is 5.91 Å². The molecule has 112 valence electrons. The Bertz CT molecular complexity index is 968. The zero-order chi connectivity index (χ0) is 15.6. The largest absolute Gasteiger partial charge is 0.343 e. The number of nitrogens with zero attached hydrogens (tertiary/aromatic N) is 2. The van der Waals surface area contributed by atoms with Crippen LogP contribution in [-0.2, 0) is 6.54 Å². The fourth-order valence-electron chi connectivity index (χ4n) is 2.64. The van der Waals surface area contributed by atoms with Gasteiger partial charge in [-0.1, -0.05) is 36.4 Å². The van der Waals surface area contributed by atoms with Crippen LogP contribution >= 0.6 is 0 Å². The third-order valence-corrected chi connectivity index (χ3v) is 3.74. The van der Waals surface area contributed by atoms with Gasteiger partial charge >= 0.3 is 0 Å². The number of carbonyl (C=O) groups is 1. The van der Waals surface area contributed by atoms with E-state index in [1.54, 1.807) is 6.20 Å². The quantitative estimate of drug-likeness (QED) is 0.611. The third-order valence-electron chi connectivity index (χ3n) is 3.74. The number of fused-ring (bicyclic) bond motifs is 2. The van der Waals surface area contributed by atoms with E-state index in [2.05, 4.69) is 20.3 Å². The molecule has 0 spiro atoms. The van der Waals surface area contributed by atoms with Crippen molar-refractivity contribution in [2.75, 3.05) is 0 Å². The fraction of sp³-hybridized carbons (Fsp3) is 0.0556. The number of H-pyrrole nitrogens is 1. The van der Waals surface area contributed by atoms with Crippen molar-refractivity contribution in [3.05, 3.63) is 72.3 Å². The summed E-state index contributed by atoms with van der Waals surface area (Å²) in [5.74, 6) is 0.516. The molecule has 2 heterocycles. The normalized spacial score (nSPS) is 11.0. The fourth-order valence-corrected chi connectivity index (χ4v) is 2.64. The first-order chi connectivity index (χ1) is 11.3. The van der Waals surface area contributed by atoms with Gasteiger partial charge in [-0.2, -0.15) is 0 Å². The number of nitrogens with one attached hydrogen (secondary N) is 2. The molecule has 0 unspecified atom stereocenters. The van der Waals surface area contributed by atoms with E-state index in [1.165, 1.54) is 0 Å². The van der Waals surface area contributed by atoms with Gasteiger partial charge in [-0.05, 0) is 23.6 Å². The molecule has 0 aliphatic heterocycles. The van der Waals surface area contributed by atoms with Crippen molar-refractivity contribution in [2.45, 2.75) is 6.54 Å². The molecular weight excluding hydrogens is 288 g/mol. The van der Waals surface area contributed by atoms with E-state index in [0.717, 1.165) is 27.6 Å². The molecule has 0 aliphatic rings. The molecule has 0 radical (unpaired) electrons. The number of benzene rings is 2. The first kappa shape index (κ1) is 13.5. The lowest BCUT2D eigenvalue weighted by atomic mass is 10.1. The Morgan fingerprint density at radius 2 is 1.87 bits per heavy atom. The maximum atomic E-state index is 12.4. The highest BCUT2D eigenvalue weighted by Gasteiger charge is 2.12. The minimum atomic E-state index is -0.206. The van der Waals surface area contributed by atoms with Crippen molar-refractivity contribution in [1.82, 2.24) is 20.3 Å². The molecule has 2 aromatic heterocycles. The Labute approximate surface area is 132 Å².